The van der Waals surface area contributed by atoms with Crippen LogP contribution in [0.4, 0.5) is 11.4 Å². The smallest absolute Gasteiger partial charge is 0.271 e. The summed E-state index contributed by atoms with van der Waals surface area (Å²) in [6, 6.07) is 4.37. The maximum atomic E-state index is 12.1. The maximum absolute atomic E-state index is 12.1. The van der Waals surface area contributed by atoms with E-state index in [0.29, 0.717) is 25.6 Å². The van der Waals surface area contributed by atoms with Gasteiger partial charge in [0.1, 0.15) is 0 Å². The number of rotatable bonds is 5. The zero-order chi connectivity index (χ0) is 18.0. The molecule has 1 N–H and O–H groups in total. The molecule has 1 amide bonds. The van der Waals surface area contributed by atoms with E-state index in [4.69, 9.17) is 0 Å². The molecule has 0 bridgehead atoms. The Bertz CT molecular complexity index is 923. The molecule has 0 aliphatic rings. The highest BCUT2D eigenvalue weighted by molar-refractivity contribution is 9.11. The van der Waals surface area contributed by atoms with Gasteiger partial charge in [-0.05, 0) is 37.9 Å². The Morgan fingerprint density at radius 3 is 2.72 bits per heavy atom. The van der Waals surface area contributed by atoms with Gasteiger partial charge in [-0.3, -0.25) is 14.9 Å². The van der Waals surface area contributed by atoms with E-state index in [1.165, 1.54) is 16.6 Å². The first kappa shape index (κ1) is 17.8. The molecule has 25 heavy (non-hydrogen) atoms. The van der Waals surface area contributed by atoms with Crippen LogP contribution in [0.2, 0.25) is 0 Å². The van der Waals surface area contributed by atoms with Gasteiger partial charge in [-0.2, -0.15) is 4.98 Å². The van der Waals surface area contributed by atoms with Gasteiger partial charge in [-0.1, -0.05) is 11.8 Å². The molecule has 12 heteroatoms. The number of thioether (sulfide) groups is 1. The van der Waals surface area contributed by atoms with E-state index >= 15 is 0 Å². The fourth-order valence-electron chi connectivity index (χ4n) is 1.87. The van der Waals surface area contributed by atoms with Gasteiger partial charge >= 0.3 is 0 Å². The first-order valence-corrected chi connectivity index (χ1v) is 9.24. The summed E-state index contributed by atoms with van der Waals surface area (Å²) in [5, 5.41) is 18.1. The van der Waals surface area contributed by atoms with Gasteiger partial charge in [0.15, 0.2) is 0 Å². The SMILES string of the molecule is O=C(CSc1nc2ncccn2n1)Nc1c(Br)cc([N+](=O)[O-])cc1Br. The summed E-state index contributed by atoms with van der Waals surface area (Å²) in [6.07, 6.45) is 3.32. The number of anilines is 1. The van der Waals surface area contributed by atoms with E-state index in [1.807, 2.05) is 0 Å². The number of nitrogens with one attached hydrogen (secondary N) is 1. The van der Waals surface area contributed by atoms with Gasteiger partial charge in [0.2, 0.25) is 11.1 Å². The molecule has 128 valence electrons. The van der Waals surface area contributed by atoms with Gasteiger partial charge in [-0.25, -0.2) is 9.50 Å². The summed E-state index contributed by atoms with van der Waals surface area (Å²) in [5.41, 5.74) is 0.327. The third-order valence-electron chi connectivity index (χ3n) is 2.93. The van der Waals surface area contributed by atoms with Crippen LogP contribution in [0.3, 0.4) is 0 Å². The number of fused-ring (bicyclic) bond motifs is 1. The van der Waals surface area contributed by atoms with Crippen LogP contribution in [0.15, 0.2) is 44.7 Å². The number of carbonyl (C=O) groups excluding carboxylic acids is 1. The molecule has 1 aromatic carbocycles. The van der Waals surface area contributed by atoms with Crippen LogP contribution in [-0.2, 0) is 4.79 Å². The Labute approximate surface area is 161 Å². The van der Waals surface area contributed by atoms with Gasteiger partial charge in [0.25, 0.3) is 11.5 Å². The highest BCUT2D eigenvalue weighted by Gasteiger charge is 2.16. The lowest BCUT2D eigenvalue weighted by atomic mass is 10.3. The van der Waals surface area contributed by atoms with Crippen molar-refractivity contribution in [2.75, 3.05) is 11.1 Å². The normalized spacial score (nSPS) is 10.8. The zero-order valence-corrected chi connectivity index (χ0v) is 16.2. The molecule has 0 unspecified atom stereocenters. The molecular weight excluding hydrogens is 480 g/mol. The number of carbonyl (C=O) groups is 1. The van der Waals surface area contributed by atoms with Gasteiger partial charge in [0.05, 0.1) is 16.4 Å². The van der Waals surface area contributed by atoms with Crippen LogP contribution < -0.4 is 5.32 Å². The first-order valence-electron chi connectivity index (χ1n) is 6.67. The van der Waals surface area contributed by atoms with Crippen LogP contribution in [0.1, 0.15) is 0 Å². The second kappa shape index (κ2) is 7.45. The number of non-ortho nitro benzene ring substituents is 1. The average molecular weight is 488 g/mol. The molecule has 3 rings (SSSR count). The Morgan fingerprint density at radius 2 is 2.08 bits per heavy atom. The fourth-order valence-corrected chi connectivity index (χ4v) is 3.85. The summed E-state index contributed by atoms with van der Waals surface area (Å²) in [7, 11) is 0. The number of nitrogens with zero attached hydrogens (tertiary/aromatic N) is 5. The van der Waals surface area contributed by atoms with Crippen molar-refractivity contribution in [3.05, 3.63) is 49.7 Å². The highest BCUT2D eigenvalue weighted by atomic mass is 79.9. The van der Waals surface area contributed by atoms with Gasteiger partial charge in [0, 0.05) is 33.5 Å². The van der Waals surface area contributed by atoms with Crippen molar-refractivity contribution in [1.82, 2.24) is 19.6 Å². The third-order valence-corrected chi connectivity index (χ3v) is 5.02. The van der Waals surface area contributed by atoms with Gasteiger partial charge in [-0.15, -0.1) is 5.10 Å². The summed E-state index contributed by atoms with van der Waals surface area (Å²) in [5.74, 6) is 0.227. The van der Waals surface area contributed by atoms with E-state index in [-0.39, 0.29) is 17.3 Å². The predicted molar refractivity (Wildman–Crippen MR) is 98.6 cm³/mol. The highest BCUT2D eigenvalue weighted by Crippen LogP contribution is 2.35. The molecule has 0 atom stereocenters. The van der Waals surface area contributed by atoms with Crippen molar-refractivity contribution < 1.29 is 9.72 Å². The lowest BCUT2D eigenvalue weighted by Crippen LogP contribution is -2.15. The minimum Gasteiger partial charge on any atom is -0.323 e. The standard InChI is InChI=1S/C13H8Br2N6O3S/c14-8-4-7(21(23)24)5-9(15)11(8)17-10(22)6-25-13-18-12-16-2-1-3-20(12)19-13/h1-5H,6H2,(H,17,22). The van der Waals surface area contributed by atoms with E-state index in [9.17, 15) is 14.9 Å². The number of amides is 1. The van der Waals surface area contributed by atoms with Crippen molar-refractivity contribution >= 4 is 66.7 Å². The number of nitro benzene ring substituents is 1. The molecule has 0 aliphatic carbocycles. The Hall–Kier alpha value is -2.05. The van der Waals surface area contributed by atoms with Crippen molar-refractivity contribution in [2.24, 2.45) is 0 Å². The molecule has 3 aromatic rings. The molecule has 0 radical (unpaired) electrons. The molecule has 0 saturated carbocycles. The van der Waals surface area contributed by atoms with Crippen LogP contribution in [0.25, 0.3) is 5.78 Å². The lowest BCUT2D eigenvalue weighted by molar-refractivity contribution is -0.385. The molecule has 2 aromatic heterocycles. The molecular formula is C13H8Br2N6O3S. The Balaban J connectivity index is 1.67. The lowest BCUT2D eigenvalue weighted by Gasteiger charge is -2.09. The molecule has 0 saturated heterocycles. The molecule has 0 spiro atoms. The second-order valence-electron chi connectivity index (χ2n) is 4.64. The van der Waals surface area contributed by atoms with Crippen molar-refractivity contribution in [1.29, 1.82) is 0 Å². The van der Waals surface area contributed by atoms with Crippen LogP contribution in [-0.4, -0.2) is 36.2 Å². The summed E-state index contributed by atoms with van der Waals surface area (Å²) in [6.45, 7) is 0. The number of nitro groups is 1. The van der Waals surface area contributed by atoms with Crippen LogP contribution in [0.5, 0.6) is 0 Å². The van der Waals surface area contributed by atoms with Gasteiger partial charge < -0.3 is 5.32 Å². The molecule has 9 nitrogen and oxygen atoms in total. The number of halogens is 2. The first-order chi connectivity index (χ1) is 11.9. The minimum absolute atomic E-state index is 0.0761. The van der Waals surface area contributed by atoms with Crippen LogP contribution in [0, 0.1) is 10.1 Å². The number of hydrogen-bond acceptors (Lipinski definition) is 7. The maximum Gasteiger partial charge on any atom is 0.271 e. The molecule has 2 heterocycles. The second-order valence-corrected chi connectivity index (χ2v) is 7.29. The predicted octanol–water partition coefficient (Wildman–Crippen LogP) is 3.29. The summed E-state index contributed by atoms with van der Waals surface area (Å²) in [4.78, 5) is 30.7. The minimum atomic E-state index is -0.514. The summed E-state index contributed by atoms with van der Waals surface area (Å²) >= 11 is 7.60. The molecule has 0 aliphatic heterocycles. The zero-order valence-electron chi connectivity index (χ0n) is 12.2. The topological polar surface area (TPSA) is 115 Å². The van der Waals surface area contributed by atoms with E-state index in [0.717, 1.165) is 11.8 Å². The summed E-state index contributed by atoms with van der Waals surface area (Å²) < 4.78 is 2.33. The van der Waals surface area contributed by atoms with E-state index in [2.05, 4.69) is 52.2 Å². The van der Waals surface area contributed by atoms with E-state index in [1.54, 1.807) is 18.5 Å². The van der Waals surface area contributed by atoms with Crippen LogP contribution >= 0.6 is 43.6 Å². The Morgan fingerprint density at radius 1 is 1.36 bits per heavy atom. The van der Waals surface area contributed by atoms with Crippen molar-refractivity contribution in [3.8, 4) is 0 Å². The van der Waals surface area contributed by atoms with E-state index < -0.39 is 4.92 Å². The largest absolute Gasteiger partial charge is 0.323 e. The van der Waals surface area contributed by atoms with Crippen molar-refractivity contribution in [2.45, 2.75) is 5.16 Å². The number of hydrogen-bond donors (Lipinski definition) is 1. The average Bonchev–Trinajstić information content (AvgIpc) is 2.99. The Kier molecular flexibility index (Phi) is 5.30. The number of aromatic nitrogens is 4. The molecule has 0 fully saturated rings. The fraction of sp³-hybridized carbons (Fsp3) is 0.0769. The quantitative estimate of drug-likeness (QED) is 0.333. The third kappa shape index (κ3) is 4.14. The monoisotopic (exact) mass is 486 g/mol. The van der Waals surface area contributed by atoms with Crippen molar-refractivity contribution in [3.63, 3.8) is 0 Å². The number of benzene rings is 1.